The van der Waals surface area contributed by atoms with E-state index >= 15 is 0 Å². The zero-order valence-corrected chi connectivity index (χ0v) is 21.4. The lowest BCUT2D eigenvalue weighted by Crippen LogP contribution is -2.25. The van der Waals surface area contributed by atoms with Gasteiger partial charge in [-0.15, -0.1) is 11.3 Å². The molecule has 1 aliphatic carbocycles. The minimum absolute atomic E-state index is 0.0342. The number of aromatic nitrogens is 1. The standard InChI is InChI=1S/C29H37NO3S/c1-3-5-7-8-21-10-12-23(13-11-21)29(31)32-24-16-14-22(15-17-24)27-20-26(30-33-27)28-19-18-25(34-28)9-6-4-2/h14-21,23H,3-13H2,1-2H3/t21-,23-. The number of unbranched alkanes of at least 4 members (excludes halogenated alkanes) is 3. The van der Waals surface area contributed by atoms with Gasteiger partial charge in [-0.25, -0.2) is 0 Å². The maximum atomic E-state index is 12.7. The van der Waals surface area contributed by atoms with Crippen molar-refractivity contribution < 1.29 is 14.1 Å². The molecule has 5 heteroatoms. The minimum Gasteiger partial charge on any atom is -0.426 e. The molecule has 2 heterocycles. The van der Waals surface area contributed by atoms with E-state index in [0.717, 1.165) is 59.9 Å². The number of thiophene rings is 1. The predicted octanol–water partition coefficient (Wildman–Crippen LogP) is 8.70. The predicted molar refractivity (Wildman–Crippen MR) is 139 cm³/mol. The van der Waals surface area contributed by atoms with Crippen LogP contribution in [0, 0.1) is 11.8 Å². The molecule has 0 atom stereocenters. The first-order valence-electron chi connectivity index (χ1n) is 13.0. The summed E-state index contributed by atoms with van der Waals surface area (Å²) in [7, 11) is 0. The van der Waals surface area contributed by atoms with E-state index in [9.17, 15) is 4.79 Å². The first kappa shape index (κ1) is 24.7. The fourth-order valence-electron chi connectivity index (χ4n) is 4.78. The van der Waals surface area contributed by atoms with E-state index in [-0.39, 0.29) is 11.9 Å². The van der Waals surface area contributed by atoms with Crippen LogP contribution in [0.25, 0.3) is 21.9 Å². The number of ether oxygens (including phenoxy) is 1. The van der Waals surface area contributed by atoms with E-state index < -0.39 is 0 Å². The van der Waals surface area contributed by atoms with Gasteiger partial charge in [0.1, 0.15) is 11.4 Å². The Balaban J connectivity index is 1.29. The van der Waals surface area contributed by atoms with Crippen molar-refractivity contribution in [3.05, 3.63) is 47.3 Å². The number of carbonyl (C=O) groups is 1. The Labute approximate surface area is 207 Å². The highest BCUT2D eigenvalue weighted by Gasteiger charge is 2.27. The van der Waals surface area contributed by atoms with Crippen LogP contribution in [0.3, 0.4) is 0 Å². The molecule has 0 aliphatic heterocycles. The fourth-order valence-corrected chi connectivity index (χ4v) is 5.79. The summed E-state index contributed by atoms with van der Waals surface area (Å²) in [4.78, 5) is 15.2. The molecule has 0 unspecified atom stereocenters. The summed E-state index contributed by atoms with van der Waals surface area (Å²) in [6, 6.07) is 13.8. The number of esters is 1. The van der Waals surface area contributed by atoms with E-state index in [4.69, 9.17) is 9.26 Å². The van der Waals surface area contributed by atoms with Gasteiger partial charge in [-0.2, -0.15) is 0 Å². The molecule has 2 aromatic heterocycles. The van der Waals surface area contributed by atoms with Gasteiger partial charge in [0, 0.05) is 16.5 Å². The van der Waals surface area contributed by atoms with Gasteiger partial charge in [-0.3, -0.25) is 4.79 Å². The second-order valence-corrected chi connectivity index (χ2v) is 10.8. The molecule has 1 aliphatic rings. The van der Waals surface area contributed by atoms with E-state index in [0.29, 0.717) is 5.75 Å². The third-order valence-corrected chi connectivity index (χ3v) is 8.12. The molecule has 1 fully saturated rings. The van der Waals surface area contributed by atoms with Crippen LogP contribution in [-0.4, -0.2) is 11.1 Å². The molecule has 1 aromatic carbocycles. The molecule has 0 radical (unpaired) electrons. The highest BCUT2D eigenvalue weighted by atomic mass is 32.1. The molecular weight excluding hydrogens is 442 g/mol. The summed E-state index contributed by atoms with van der Waals surface area (Å²) in [5.41, 5.74) is 1.79. The largest absolute Gasteiger partial charge is 0.426 e. The zero-order valence-electron chi connectivity index (χ0n) is 20.6. The maximum absolute atomic E-state index is 12.7. The number of hydrogen-bond donors (Lipinski definition) is 0. The average molecular weight is 480 g/mol. The lowest BCUT2D eigenvalue weighted by molar-refractivity contribution is -0.140. The Hall–Kier alpha value is -2.40. The van der Waals surface area contributed by atoms with Crippen molar-refractivity contribution in [3.8, 4) is 27.6 Å². The summed E-state index contributed by atoms with van der Waals surface area (Å²) in [6.45, 7) is 4.46. The van der Waals surface area contributed by atoms with Crippen molar-refractivity contribution in [2.24, 2.45) is 11.8 Å². The number of benzene rings is 1. The third-order valence-electron chi connectivity index (χ3n) is 6.95. The van der Waals surface area contributed by atoms with Crippen molar-refractivity contribution in [1.82, 2.24) is 5.16 Å². The van der Waals surface area contributed by atoms with Gasteiger partial charge in [0.25, 0.3) is 0 Å². The van der Waals surface area contributed by atoms with Gasteiger partial charge in [0.15, 0.2) is 5.76 Å². The molecule has 182 valence electrons. The molecule has 3 aromatic rings. The number of aryl methyl sites for hydroxylation is 1. The zero-order chi connectivity index (χ0) is 23.8. The Morgan fingerprint density at radius 3 is 2.50 bits per heavy atom. The van der Waals surface area contributed by atoms with Gasteiger partial charge >= 0.3 is 5.97 Å². The van der Waals surface area contributed by atoms with E-state index in [1.165, 1.54) is 43.4 Å². The van der Waals surface area contributed by atoms with Crippen LogP contribution in [0.15, 0.2) is 47.0 Å². The SMILES string of the molecule is CCCCC[C@H]1CC[C@H](C(=O)Oc2ccc(-c3cc(-c4ccc(CCCC)s4)no3)cc2)CC1. The summed E-state index contributed by atoms with van der Waals surface area (Å²) < 4.78 is 11.3. The molecular formula is C29H37NO3S. The van der Waals surface area contributed by atoms with Gasteiger partial charge in [-0.05, 0) is 80.8 Å². The summed E-state index contributed by atoms with van der Waals surface area (Å²) in [5, 5.41) is 4.27. The van der Waals surface area contributed by atoms with Crippen molar-refractivity contribution in [2.45, 2.75) is 84.5 Å². The van der Waals surface area contributed by atoms with E-state index in [2.05, 4.69) is 31.1 Å². The van der Waals surface area contributed by atoms with Gasteiger partial charge < -0.3 is 9.26 Å². The summed E-state index contributed by atoms with van der Waals surface area (Å²) >= 11 is 1.78. The van der Waals surface area contributed by atoms with Gasteiger partial charge in [0.2, 0.25) is 0 Å². The Kier molecular flexibility index (Phi) is 8.97. The van der Waals surface area contributed by atoms with Crippen LogP contribution in [-0.2, 0) is 11.2 Å². The molecule has 34 heavy (non-hydrogen) atoms. The molecule has 0 saturated heterocycles. The van der Waals surface area contributed by atoms with Crippen LogP contribution < -0.4 is 4.74 Å². The quantitative estimate of drug-likeness (QED) is 0.157. The lowest BCUT2D eigenvalue weighted by Gasteiger charge is -2.27. The van der Waals surface area contributed by atoms with Crippen molar-refractivity contribution in [3.63, 3.8) is 0 Å². The first-order chi connectivity index (χ1) is 16.7. The fraction of sp³-hybridized carbons (Fsp3) is 0.517. The van der Waals surface area contributed by atoms with E-state index in [1.807, 2.05) is 30.3 Å². The normalized spacial score (nSPS) is 18.2. The Bertz CT molecular complexity index is 1030. The number of nitrogens with zero attached hydrogens (tertiary/aromatic N) is 1. The molecule has 1 saturated carbocycles. The first-order valence-corrected chi connectivity index (χ1v) is 13.9. The Morgan fingerprint density at radius 2 is 1.76 bits per heavy atom. The lowest BCUT2D eigenvalue weighted by atomic mass is 9.80. The maximum Gasteiger partial charge on any atom is 0.314 e. The second kappa shape index (κ2) is 12.3. The van der Waals surface area contributed by atoms with E-state index in [1.54, 1.807) is 11.3 Å². The van der Waals surface area contributed by atoms with Gasteiger partial charge in [0.05, 0.1) is 10.8 Å². The molecule has 4 nitrogen and oxygen atoms in total. The molecule has 0 N–H and O–H groups in total. The second-order valence-electron chi connectivity index (χ2n) is 9.60. The number of carbonyl (C=O) groups excluding carboxylic acids is 1. The highest BCUT2D eigenvalue weighted by Crippen LogP contribution is 2.34. The van der Waals surface area contributed by atoms with Crippen LogP contribution >= 0.6 is 11.3 Å². The third kappa shape index (κ3) is 6.59. The molecule has 0 bridgehead atoms. The summed E-state index contributed by atoms with van der Waals surface area (Å²) in [5.74, 6) is 2.05. The number of hydrogen-bond acceptors (Lipinski definition) is 5. The van der Waals surface area contributed by atoms with Crippen molar-refractivity contribution in [2.75, 3.05) is 0 Å². The molecule has 0 amide bonds. The monoisotopic (exact) mass is 479 g/mol. The topological polar surface area (TPSA) is 52.3 Å². The highest BCUT2D eigenvalue weighted by molar-refractivity contribution is 7.15. The van der Waals surface area contributed by atoms with Crippen molar-refractivity contribution in [1.29, 1.82) is 0 Å². The van der Waals surface area contributed by atoms with Crippen LogP contribution in [0.1, 0.15) is 82.9 Å². The average Bonchev–Trinajstić information content (AvgIpc) is 3.54. The smallest absolute Gasteiger partial charge is 0.314 e. The van der Waals surface area contributed by atoms with Crippen LogP contribution in [0.2, 0.25) is 0 Å². The van der Waals surface area contributed by atoms with Gasteiger partial charge in [-0.1, -0.05) is 51.1 Å². The van der Waals surface area contributed by atoms with Crippen molar-refractivity contribution >= 4 is 17.3 Å². The molecule has 0 spiro atoms. The molecule has 4 rings (SSSR count). The minimum atomic E-state index is -0.0849. The summed E-state index contributed by atoms with van der Waals surface area (Å²) in [6.07, 6.45) is 13.0. The number of rotatable bonds is 11. The Morgan fingerprint density at radius 1 is 1.00 bits per heavy atom. The van der Waals surface area contributed by atoms with Crippen LogP contribution in [0.4, 0.5) is 0 Å². The van der Waals surface area contributed by atoms with Crippen LogP contribution in [0.5, 0.6) is 5.75 Å².